The molecular formula is C20H25ClN6O3. The van der Waals surface area contributed by atoms with Crippen molar-refractivity contribution >= 4 is 23.2 Å². The minimum atomic E-state index is -0.389. The SMILES string of the molecule is O=C(CC12CC3CC(C1)CC(n1cc([N+](=O)[O-])cn1)(C3)C2)NCCn1cc(Cl)cn1. The van der Waals surface area contributed by atoms with Crippen molar-refractivity contribution in [3.05, 3.63) is 39.9 Å². The highest BCUT2D eigenvalue weighted by Gasteiger charge is 2.59. The van der Waals surface area contributed by atoms with E-state index < -0.39 is 0 Å². The Morgan fingerprint density at radius 3 is 2.63 bits per heavy atom. The molecule has 4 aliphatic carbocycles. The Morgan fingerprint density at radius 2 is 2.00 bits per heavy atom. The van der Waals surface area contributed by atoms with E-state index in [2.05, 4.69) is 15.5 Å². The van der Waals surface area contributed by atoms with Crippen LogP contribution in [0.25, 0.3) is 0 Å². The van der Waals surface area contributed by atoms with Crippen LogP contribution in [0.15, 0.2) is 24.8 Å². The van der Waals surface area contributed by atoms with Crippen molar-refractivity contribution in [2.24, 2.45) is 17.3 Å². The summed E-state index contributed by atoms with van der Waals surface area (Å²) in [6, 6.07) is 0. The van der Waals surface area contributed by atoms with Gasteiger partial charge in [0.1, 0.15) is 12.4 Å². The third-order valence-electron chi connectivity index (χ3n) is 7.22. The number of halogens is 1. The highest BCUT2D eigenvalue weighted by atomic mass is 35.5. The van der Waals surface area contributed by atoms with Gasteiger partial charge in [0.15, 0.2) is 0 Å². The van der Waals surface area contributed by atoms with E-state index in [1.165, 1.54) is 12.6 Å². The molecule has 10 heteroatoms. The highest BCUT2D eigenvalue weighted by Crippen LogP contribution is 2.65. The molecule has 9 nitrogen and oxygen atoms in total. The molecule has 2 atom stereocenters. The van der Waals surface area contributed by atoms with Crippen molar-refractivity contribution in [2.75, 3.05) is 6.54 Å². The molecule has 6 rings (SSSR count). The first-order valence-corrected chi connectivity index (χ1v) is 10.9. The standard InChI is InChI=1S/C20H25ClN6O3/c21-16-9-23-25(11-16)2-1-22-18(28)8-19-4-14-3-15(5-19)7-20(6-14,13-19)26-12-17(10-24-26)27(29)30/h9-12,14-15H,1-8,13H2,(H,22,28). The molecule has 30 heavy (non-hydrogen) atoms. The predicted molar refractivity (Wildman–Crippen MR) is 109 cm³/mol. The fourth-order valence-electron chi connectivity index (χ4n) is 6.72. The molecule has 0 saturated heterocycles. The van der Waals surface area contributed by atoms with Gasteiger partial charge >= 0.3 is 5.69 Å². The van der Waals surface area contributed by atoms with Crippen LogP contribution < -0.4 is 5.32 Å². The molecule has 160 valence electrons. The molecule has 4 bridgehead atoms. The molecule has 1 N–H and O–H groups in total. The van der Waals surface area contributed by atoms with Crippen molar-refractivity contribution < 1.29 is 9.72 Å². The number of amides is 1. The Labute approximate surface area is 178 Å². The van der Waals surface area contributed by atoms with Gasteiger partial charge in [-0.3, -0.25) is 24.3 Å². The summed E-state index contributed by atoms with van der Waals surface area (Å²) in [5, 5.41) is 23.3. The molecule has 0 aromatic carbocycles. The quantitative estimate of drug-likeness (QED) is 0.534. The van der Waals surface area contributed by atoms with E-state index in [0.717, 1.165) is 32.1 Å². The largest absolute Gasteiger partial charge is 0.354 e. The average Bonchev–Trinajstić information content (AvgIpc) is 3.30. The summed E-state index contributed by atoms with van der Waals surface area (Å²) in [4.78, 5) is 23.5. The third-order valence-corrected chi connectivity index (χ3v) is 7.41. The van der Waals surface area contributed by atoms with Crippen LogP contribution in [0.2, 0.25) is 5.02 Å². The van der Waals surface area contributed by atoms with E-state index in [1.807, 2.05) is 4.68 Å². The van der Waals surface area contributed by atoms with Gasteiger partial charge in [-0.25, -0.2) is 0 Å². The lowest BCUT2D eigenvalue weighted by Gasteiger charge is -2.61. The Bertz CT molecular complexity index is 971. The van der Waals surface area contributed by atoms with Gasteiger partial charge in [0.25, 0.3) is 0 Å². The fraction of sp³-hybridized carbons (Fsp3) is 0.650. The zero-order chi connectivity index (χ0) is 20.9. The van der Waals surface area contributed by atoms with Gasteiger partial charge in [0, 0.05) is 19.2 Å². The Balaban J connectivity index is 1.28. The van der Waals surface area contributed by atoms with E-state index >= 15 is 0 Å². The molecule has 4 fully saturated rings. The zero-order valence-electron chi connectivity index (χ0n) is 16.7. The summed E-state index contributed by atoms with van der Waals surface area (Å²) < 4.78 is 3.56. The summed E-state index contributed by atoms with van der Waals surface area (Å²) in [6.45, 7) is 1.09. The molecule has 2 unspecified atom stereocenters. The van der Waals surface area contributed by atoms with Gasteiger partial charge in [-0.15, -0.1) is 0 Å². The van der Waals surface area contributed by atoms with E-state index in [0.29, 0.717) is 36.4 Å². The minimum Gasteiger partial charge on any atom is -0.354 e. The number of hydrogen-bond donors (Lipinski definition) is 1. The lowest BCUT2D eigenvalue weighted by Crippen LogP contribution is -2.57. The van der Waals surface area contributed by atoms with Crippen LogP contribution in [-0.4, -0.2) is 36.9 Å². The van der Waals surface area contributed by atoms with Gasteiger partial charge in [-0.1, -0.05) is 11.6 Å². The van der Waals surface area contributed by atoms with E-state index in [9.17, 15) is 14.9 Å². The number of hydrogen-bond acceptors (Lipinski definition) is 5. The molecule has 0 aliphatic heterocycles. The van der Waals surface area contributed by atoms with Crippen LogP contribution in [0.3, 0.4) is 0 Å². The molecule has 1 amide bonds. The normalized spacial score (nSPS) is 31.8. The van der Waals surface area contributed by atoms with Gasteiger partial charge in [-0.2, -0.15) is 10.2 Å². The Kier molecular flexibility index (Phi) is 4.61. The van der Waals surface area contributed by atoms with E-state index in [1.54, 1.807) is 23.3 Å². The molecule has 4 aliphatic rings. The molecule has 4 saturated carbocycles. The van der Waals surface area contributed by atoms with E-state index in [4.69, 9.17) is 11.6 Å². The van der Waals surface area contributed by atoms with Crippen molar-refractivity contribution in [3.8, 4) is 0 Å². The maximum Gasteiger partial charge on any atom is 0.307 e. The number of nitro groups is 1. The summed E-state index contributed by atoms with van der Waals surface area (Å²) in [5.74, 6) is 1.19. The van der Waals surface area contributed by atoms with Crippen LogP contribution in [-0.2, 0) is 16.9 Å². The topological polar surface area (TPSA) is 108 Å². The maximum absolute atomic E-state index is 12.8. The van der Waals surface area contributed by atoms with Crippen LogP contribution >= 0.6 is 11.6 Å². The van der Waals surface area contributed by atoms with Crippen molar-refractivity contribution in [3.63, 3.8) is 0 Å². The minimum absolute atomic E-state index is 0.0378. The number of nitrogens with one attached hydrogen (secondary N) is 1. The van der Waals surface area contributed by atoms with Gasteiger partial charge in [-0.05, 0) is 55.8 Å². The van der Waals surface area contributed by atoms with Gasteiger partial charge in [0.2, 0.25) is 5.91 Å². The lowest BCUT2D eigenvalue weighted by atomic mass is 9.46. The second kappa shape index (κ2) is 7.08. The third kappa shape index (κ3) is 3.49. The maximum atomic E-state index is 12.8. The zero-order valence-corrected chi connectivity index (χ0v) is 17.4. The van der Waals surface area contributed by atoms with Crippen molar-refractivity contribution in [1.82, 2.24) is 24.9 Å². The van der Waals surface area contributed by atoms with Crippen LogP contribution in [0.1, 0.15) is 44.9 Å². The lowest BCUT2D eigenvalue weighted by molar-refractivity contribution is -0.385. The summed E-state index contributed by atoms with van der Waals surface area (Å²) in [5.41, 5.74) is -0.190. The first-order chi connectivity index (χ1) is 14.3. The van der Waals surface area contributed by atoms with Gasteiger partial charge in [0.05, 0.1) is 28.2 Å². The Morgan fingerprint density at radius 1 is 1.23 bits per heavy atom. The van der Waals surface area contributed by atoms with Crippen LogP contribution in [0.5, 0.6) is 0 Å². The molecule has 0 radical (unpaired) electrons. The summed E-state index contributed by atoms with van der Waals surface area (Å²) in [7, 11) is 0. The molecular weight excluding hydrogens is 408 g/mol. The van der Waals surface area contributed by atoms with Gasteiger partial charge < -0.3 is 5.32 Å². The molecule has 2 aromatic rings. The van der Waals surface area contributed by atoms with Crippen LogP contribution in [0.4, 0.5) is 5.69 Å². The summed E-state index contributed by atoms with van der Waals surface area (Å²) in [6.07, 6.45) is 13.0. The second-order valence-corrected chi connectivity index (χ2v) is 9.97. The van der Waals surface area contributed by atoms with Crippen molar-refractivity contribution in [2.45, 2.75) is 57.0 Å². The van der Waals surface area contributed by atoms with E-state index in [-0.39, 0.29) is 27.5 Å². The molecule has 2 heterocycles. The number of rotatable bonds is 7. The summed E-state index contributed by atoms with van der Waals surface area (Å²) >= 11 is 5.87. The monoisotopic (exact) mass is 432 g/mol. The second-order valence-electron chi connectivity index (χ2n) is 9.53. The Hall–Kier alpha value is -2.42. The van der Waals surface area contributed by atoms with Crippen molar-refractivity contribution in [1.29, 1.82) is 0 Å². The fourth-order valence-corrected chi connectivity index (χ4v) is 6.87. The van der Waals surface area contributed by atoms with Crippen LogP contribution in [0, 0.1) is 27.4 Å². The highest BCUT2D eigenvalue weighted by molar-refractivity contribution is 6.30. The first-order valence-electron chi connectivity index (χ1n) is 10.5. The number of aromatic nitrogens is 4. The number of carbonyl (C=O) groups is 1. The first kappa shape index (κ1) is 19.5. The smallest absolute Gasteiger partial charge is 0.307 e. The average molecular weight is 433 g/mol. The molecule has 2 aromatic heterocycles. The molecule has 0 spiro atoms. The predicted octanol–water partition coefficient (Wildman–Crippen LogP) is 3.14. The number of nitrogens with zero attached hydrogens (tertiary/aromatic N) is 5. The number of carbonyl (C=O) groups excluding carboxylic acids is 1.